The van der Waals surface area contributed by atoms with E-state index < -0.39 is 47.8 Å². The largest absolute Gasteiger partial charge is 0.493 e. The summed E-state index contributed by atoms with van der Waals surface area (Å²) < 4.78 is 86.6. The number of benzene rings is 1. The zero-order valence-corrected chi connectivity index (χ0v) is 15.6. The van der Waals surface area contributed by atoms with Gasteiger partial charge < -0.3 is 14.8 Å². The predicted molar refractivity (Wildman–Crippen MR) is 90.1 cm³/mol. The summed E-state index contributed by atoms with van der Waals surface area (Å²) in [6.45, 7) is -1.96. The summed E-state index contributed by atoms with van der Waals surface area (Å²) >= 11 is 5.56. The number of carbonyl (C=O) groups is 1. The number of methoxy groups -OCH3 is 1. The molecule has 0 fully saturated rings. The van der Waals surface area contributed by atoms with E-state index in [1.807, 2.05) is 0 Å². The first kappa shape index (κ1) is 22.7. The van der Waals surface area contributed by atoms with Crippen molar-refractivity contribution in [1.29, 1.82) is 0 Å². The van der Waals surface area contributed by atoms with Crippen LogP contribution in [0, 0.1) is 0 Å². The summed E-state index contributed by atoms with van der Waals surface area (Å²) in [5, 5.41) is 4.73. The maximum Gasteiger partial charge on any atom is 0.387 e. The molecule has 0 saturated carbocycles. The average Bonchev–Trinajstić information content (AvgIpc) is 2.99. The van der Waals surface area contributed by atoms with Gasteiger partial charge in [-0.05, 0) is 19.1 Å². The fraction of sp³-hybridized carbons (Fsp3) is 0.375. The van der Waals surface area contributed by atoms with Crippen molar-refractivity contribution < 1.29 is 40.6 Å². The molecule has 0 spiro atoms. The third-order valence-corrected chi connectivity index (χ3v) is 4.11. The Morgan fingerprint density at radius 3 is 2.31 bits per heavy atom. The summed E-state index contributed by atoms with van der Waals surface area (Å²) in [5.74, 6) is -1.34. The number of anilines is 1. The summed E-state index contributed by atoms with van der Waals surface area (Å²) in [6, 6.07) is 1.98. The average molecular weight is 446 g/mol. The van der Waals surface area contributed by atoms with E-state index in [9.17, 15) is 31.1 Å². The van der Waals surface area contributed by atoms with Crippen molar-refractivity contribution in [2.24, 2.45) is 0 Å². The Bertz CT molecular complexity index is 878. The highest BCUT2D eigenvalue weighted by Gasteiger charge is 2.32. The number of halogens is 7. The second-order valence-electron chi connectivity index (χ2n) is 5.54. The second-order valence-corrected chi connectivity index (χ2v) is 5.92. The van der Waals surface area contributed by atoms with Crippen LogP contribution in [0.5, 0.6) is 11.5 Å². The van der Waals surface area contributed by atoms with E-state index in [-0.39, 0.29) is 17.2 Å². The normalized spacial score (nSPS) is 12.6. The lowest BCUT2D eigenvalue weighted by Gasteiger charge is -2.16. The van der Waals surface area contributed by atoms with Crippen LogP contribution in [0.3, 0.4) is 0 Å². The summed E-state index contributed by atoms with van der Waals surface area (Å²) in [4.78, 5) is 12.4. The Morgan fingerprint density at radius 2 is 1.79 bits per heavy atom. The molecule has 1 amide bonds. The molecule has 0 saturated heterocycles. The van der Waals surface area contributed by atoms with Gasteiger partial charge in [0, 0.05) is 11.8 Å². The number of ether oxygens (including phenoxy) is 2. The smallest absolute Gasteiger partial charge is 0.387 e. The molecule has 0 aliphatic rings. The first-order chi connectivity index (χ1) is 13.6. The highest BCUT2D eigenvalue weighted by molar-refractivity contribution is 6.32. The minimum Gasteiger partial charge on any atom is -0.493 e. The fourth-order valence-corrected chi connectivity index (χ4v) is 2.66. The van der Waals surface area contributed by atoms with E-state index in [1.165, 1.54) is 13.2 Å². The molecule has 13 heteroatoms. The highest BCUT2D eigenvalue weighted by atomic mass is 35.5. The van der Waals surface area contributed by atoms with Crippen LogP contribution in [-0.4, -0.2) is 29.4 Å². The maximum absolute atomic E-state index is 13.2. The van der Waals surface area contributed by atoms with Crippen LogP contribution in [-0.2, 0) is 4.79 Å². The van der Waals surface area contributed by atoms with Crippen LogP contribution in [0.4, 0.5) is 32.0 Å². The molecule has 1 heterocycles. The lowest BCUT2D eigenvalue weighted by atomic mass is 10.2. The second kappa shape index (κ2) is 9.25. The number of rotatable bonds is 8. The molecule has 0 aliphatic carbocycles. The molecule has 2 rings (SSSR count). The van der Waals surface area contributed by atoms with Crippen molar-refractivity contribution in [3.05, 3.63) is 34.6 Å². The van der Waals surface area contributed by atoms with Crippen molar-refractivity contribution in [1.82, 2.24) is 9.78 Å². The van der Waals surface area contributed by atoms with Gasteiger partial charge in [0.15, 0.2) is 11.5 Å². The Balaban J connectivity index is 2.29. The molecule has 1 atom stereocenters. The van der Waals surface area contributed by atoms with Crippen LogP contribution < -0.4 is 14.8 Å². The molecule has 29 heavy (non-hydrogen) atoms. The fourth-order valence-electron chi connectivity index (χ4n) is 2.37. The van der Waals surface area contributed by atoms with Crippen LogP contribution in [0.2, 0.25) is 5.02 Å². The van der Waals surface area contributed by atoms with Gasteiger partial charge in [-0.15, -0.1) is 0 Å². The van der Waals surface area contributed by atoms with Gasteiger partial charge in [0.25, 0.3) is 12.9 Å². The Kier molecular flexibility index (Phi) is 7.22. The summed E-state index contributed by atoms with van der Waals surface area (Å²) in [7, 11) is 1.18. The highest BCUT2D eigenvalue weighted by Crippen LogP contribution is 2.36. The quantitative estimate of drug-likeness (QED) is 0.566. The van der Waals surface area contributed by atoms with Gasteiger partial charge in [-0.3, -0.25) is 4.79 Å². The van der Waals surface area contributed by atoms with Crippen molar-refractivity contribution in [2.45, 2.75) is 32.4 Å². The van der Waals surface area contributed by atoms with Gasteiger partial charge in [0.2, 0.25) is 5.91 Å². The van der Waals surface area contributed by atoms with Crippen LogP contribution in [0.1, 0.15) is 37.2 Å². The van der Waals surface area contributed by atoms with Crippen LogP contribution in [0.25, 0.3) is 0 Å². The van der Waals surface area contributed by atoms with Gasteiger partial charge in [-0.1, -0.05) is 11.6 Å². The van der Waals surface area contributed by atoms with Crippen LogP contribution in [0.15, 0.2) is 18.2 Å². The van der Waals surface area contributed by atoms with Gasteiger partial charge in [-0.25, -0.2) is 22.2 Å². The lowest BCUT2D eigenvalue weighted by Crippen LogP contribution is -2.26. The Hall–Kier alpha value is -2.63. The molecule has 1 unspecified atom stereocenters. The topological polar surface area (TPSA) is 65.4 Å². The predicted octanol–water partition coefficient (Wildman–Crippen LogP) is 5.22. The van der Waals surface area contributed by atoms with E-state index in [2.05, 4.69) is 15.2 Å². The first-order valence-corrected chi connectivity index (χ1v) is 8.22. The van der Waals surface area contributed by atoms with Crippen LogP contribution >= 0.6 is 11.6 Å². The van der Waals surface area contributed by atoms with E-state index in [0.29, 0.717) is 4.68 Å². The maximum atomic E-state index is 13.2. The molecular formula is C16H14ClF6N3O3. The molecule has 2 aromatic rings. The number of hydrogen-bond donors (Lipinski definition) is 1. The molecule has 0 aliphatic heterocycles. The van der Waals surface area contributed by atoms with Gasteiger partial charge in [0.1, 0.15) is 17.4 Å². The zero-order valence-electron chi connectivity index (χ0n) is 14.8. The van der Waals surface area contributed by atoms with Gasteiger partial charge in [-0.2, -0.15) is 13.9 Å². The molecule has 1 aromatic carbocycles. The minimum absolute atomic E-state index is 0.0475. The number of carbonyl (C=O) groups excluding carboxylic acids is 1. The summed E-state index contributed by atoms with van der Waals surface area (Å²) in [5.41, 5.74) is -2.05. The summed E-state index contributed by atoms with van der Waals surface area (Å²) in [6.07, 6.45) is -6.48. The number of nitrogens with zero attached hydrogens (tertiary/aromatic N) is 2. The van der Waals surface area contributed by atoms with Crippen molar-refractivity contribution in [3.63, 3.8) is 0 Å². The van der Waals surface area contributed by atoms with E-state index >= 15 is 0 Å². The lowest BCUT2D eigenvalue weighted by molar-refractivity contribution is -0.119. The number of aromatic nitrogens is 2. The number of amides is 1. The molecule has 160 valence electrons. The third kappa shape index (κ3) is 5.05. The number of alkyl halides is 6. The minimum atomic E-state index is -3.26. The molecule has 6 nitrogen and oxygen atoms in total. The molecule has 0 radical (unpaired) electrons. The van der Waals surface area contributed by atoms with Crippen molar-refractivity contribution in [2.75, 3.05) is 12.4 Å². The first-order valence-electron chi connectivity index (χ1n) is 7.84. The molecule has 0 bridgehead atoms. The van der Waals surface area contributed by atoms with E-state index in [1.54, 1.807) is 0 Å². The van der Waals surface area contributed by atoms with Crippen molar-refractivity contribution in [3.8, 4) is 11.5 Å². The van der Waals surface area contributed by atoms with Crippen molar-refractivity contribution >= 4 is 23.2 Å². The molecule has 1 N–H and O–H groups in total. The number of hydrogen-bond acceptors (Lipinski definition) is 4. The molecule has 1 aromatic heterocycles. The van der Waals surface area contributed by atoms with Gasteiger partial charge >= 0.3 is 6.61 Å². The van der Waals surface area contributed by atoms with E-state index in [0.717, 1.165) is 19.1 Å². The molecular weight excluding hydrogens is 432 g/mol. The zero-order chi connectivity index (χ0) is 21.9. The third-order valence-electron chi connectivity index (χ3n) is 3.72. The van der Waals surface area contributed by atoms with E-state index in [4.69, 9.17) is 16.3 Å². The van der Waals surface area contributed by atoms with Gasteiger partial charge in [0.05, 0.1) is 12.1 Å². The Labute approximate surface area is 165 Å². The number of nitrogens with one attached hydrogen (secondary N) is 1. The Morgan fingerprint density at radius 1 is 1.14 bits per heavy atom. The monoisotopic (exact) mass is 445 g/mol. The SMILES string of the molecule is COc1cc(NC(=O)C(C)n2nc(C(F)F)c(Cl)c2C(F)F)ccc1OC(F)F. The standard InChI is InChI=1S/C16H14ClF6N3O3/c1-6(26-12(14(20)21)10(17)11(25-26)13(18)19)15(27)24-7-3-4-8(29-16(22)23)9(5-7)28-2/h3-6,13-14,16H,1-2H3,(H,24,27).